The summed E-state index contributed by atoms with van der Waals surface area (Å²) < 4.78 is 3.96. The molecule has 0 aromatic carbocycles. The van der Waals surface area contributed by atoms with Crippen LogP contribution in [0.25, 0.3) is 0 Å². The van der Waals surface area contributed by atoms with Gasteiger partial charge in [0.2, 0.25) is 0 Å². The minimum Gasteiger partial charge on any atom is -0.382 e. The van der Waals surface area contributed by atoms with Gasteiger partial charge in [0.25, 0.3) is 5.91 Å². The molecule has 1 saturated carbocycles. The number of nitrogens with zero attached hydrogens (tertiary/aromatic N) is 1. The van der Waals surface area contributed by atoms with Gasteiger partial charge in [-0.3, -0.25) is 4.79 Å². The van der Waals surface area contributed by atoms with E-state index in [1.807, 2.05) is 0 Å². The van der Waals surface area contributed by atoms with Crippen LogP contribution in [0.5, 0.6) is 0 Å². The van der Waals surface area contributed by atoms with Gasteiger partial charge in [0.05, 0.1) is 0 Å². The maximum atomic E-state index is 11.2. The van der Waals surface area contributed by atoms with Crippen LogP contribution in [-0.2, 0) is 0 Å². The van der Waals surface area contributed by atoms with E-state index in [1.54, 1.807) is 0 Å². The van der Waals surface area contributed by atoms with Crippen LogP contribution in [0.4, 0.5) is 10.8 Å². The highest BCUT2D eigenvalue weighted by Gasteiger charge is 2.38. The van der Waals surface area contributed by atoms with E-state index in [-0.39, 0.29) is 11.4 Å². The molecular weight excluding hydrogens is 224 g/mol. The Balaban J connectivity index is 2.24. The average molecular weight is 240 g/mol. The molecule has 1 fully saturated rings. The molecule has 1 aliphatic carbocycles. The predicted molar refractivity (Wildman–Crippen MR) is 65.5 cm³/mol. The molecule has 5 N–H and O–H groups in total. The van der Waals surface area contributed by atoms with Crippen molar-refractivity contribution in [2.75, 3.05) is 11.1 Å². The molecule has 88 valence electrons. The third kappa shape index (κ3) is 1.97. The summed E-state index contributed by atoms with van der Waals surface area (Å²) in [4.78, 5) is 11.2. The van der Waals surface area contributed by atoms with Crippen LogP contribution in [0.15, 0.2) is 0 Å². The zero-order chi connectivity index (χ0) is 11.9. The number of rotatable bonds is 4. The lowest BCUT2D eigenvalue weighted by atomic mass is 9.99. The molecular formula is C10H16N4OS. The molecule has 1 aromatic rings. The number of hydrogen-bond donors (Lipinski definition) is 3. The number of nitrogens with two attached hydrogens (primary N) is 2. The quantitative estimate of drug-likeness (QED) is 0.742. The number of carbonyl (C=O) groups is 1. The van der Waals surface area contributed by atoms with Gasteiger partial charge in [0.1, 0.15) is 10.6 Å². The van der Waals surface area contributed by atoms with Gasteiger partial charge in [-0.05, 0) is 44.1 Å². The topological polar surface area (TPSA) is 94.0 Å². The second-order valence-corrected chi connectivity index (χ2v) is 5.53. The normalized spacial score (nSPS) is 16.1. The van der Waals surface area contributed by atoms with Crippen LogP contribution >= 0.6 is 11.5 Å². The minimum absolute atomic E-state index is 0.0385. The SMILES string of the molecule is CC(C)(Nc1snc(N)c1C(N)=O)C1CC1. The number of amides is 1. The summed E-state index contributed by atoms with van der Waals surface area (Å²) in [6.45, 7) is 4.23. The molecule has 1 heterocycles. The lowest BCUT2D eigenvalue weighted by Gasteiger charge is -2.26. The molecule has 1 aromatic heterocycles. The van der Waals surface area contributed by atoms with Crippen LogP contribution in [0.3, 0.4) is 0 Å². The largest absolute Gasteiger partial charge is 0.382 e. The third-order valence-electron chi connectivity index (χ3n) is 3.00. The molecule has 0 aliphatic heterocycles. The summed E-state index contributed by atoms with van der Waals surface area (Å²) in [5, 5.41) is 4.01. The maximum Gasteiger partial charge on any atom is 0.255 e. The van der Waals surface area contributed by atoms with Crippen molar-refractivity contribution in [2.45, 2.75) is 32.2 Å². The zero-order valence-electron chi connectivity index (χ0n) is 9.41. The van der Waals surface area contributed by atoms with E-state index in [2.05, 4.69) is 23.5 Å². The first-order valence-electron chi connectivity index (χ1n) is 5.25. The van der Waals surface area contributed by atoms with Crippen molar-refractivity contribution in [1.29, 1.82) is 0 Å². The smallest absolute Gasteiger partial charge is 0.255 e. The van der Waals surface area contributed by atoms with Crippen molar-refractivity contribution in [3.63, 3.8) is 0 Å². The van der Waals surface area contributed by atoms with Gasteiger partial charge < -0.3 is 16.8 Å². The summed E-state index contributed by atoms with van der Waals surface area (Å²) >= 11 is 1.19. The summed E-state index contributed by atoms with van der Waals surface area (Å²) in [5.74, 6) is 0.337. The Bertz CT molecular complexity index is 422. The van der Waals surface area contributed by atoms with Gasteiger partial charge in [0.15, 0.2) is 5.82 Å². The van der Waals surface area contributed by atoms with E-state index < -0.39 is 5.91 Å². The number of nitrogen functional groups attached to an aromatic ring is 1. The van der Waals surface area contributed by atoms with E-state index >= 15 is 0 Å². The fourth-order valence-electron chi connectivity index (χ4n) is 1.83. The van der Waals surface area contributed by atoms with Crippen molar-refractivity contribution in [1.82, 2.24) is 4.37 Å². The van der Waals surface area contributed by atoms with Gasteiger partial charge in [-0.15, -0.1) is 0 Å². The monoisotopic (exact) mass is 240 g/mol. The van der Waals surface area contributed by atoms with Crippen molar-refractivity contribution in [3.8, 4) is 0 Å². The molecule has 0 saturated heterocycles. The average Bonchev–Trinajstić information content (AvgIpc) is 2.92. The molecule has 16 heavy (non-hydrogen) atoms. The van der Waals surface area contributed by atoms with Crippen LogP contribution in [0, 0.1) is 5.92 Å². The van der Waals surface area contributed by atoms with E-state index in [4.69, 9.17) is 11.5 Å². The van der Waals surface area contributed by atoms with Crippen LogP contribution < -0.4 is 16.8 Å². The molecule has 0 unspecified atom stereocenters. The van der Waals surface area contributed by atoms with Gasteiger partial charge in [-0.1, -0.05) is 0 Å². The van der Waals surface area contributed by atoms with E-state index in [9.17, 15) is 4.79 Å². The number of primary amides is 1. The van der Waals surface area contributed by atoms with Crippen molar-refractivity contribution >= 4 is 28.3 Å². The summed E-state index contributed by atoms with van der Waals surface area (Å²) in [6.07, 6.45) is 2.44. The second-order valence-electron chi connectivity index (χ2n) is 4.76. The Hall–Kier alpha value is -1.30. The molecule has 0 spiro atoms. The van der Waals surface area contributed by atoms with Gasteiger partial charge in [0, 0.05) is 5.54 Å². The zero-order valence-corrected chi connectivity index (χ0v) is 10.2. The first-order valence-corrected chi connectivity index (χ1v) is 6.02. The number of carbonyl (C=O) groups excluding carboxylic acids is 1. The summed E-state index contributed by atoms with van der Waals surface area (Å²) in [6, 6.07) is 0. The molecule has 1 aliphatic rings. The van der Waals surface area contributed by atoms with Gasteiger partial charge >= 0.3 is 0 Å². The van der Waals surface area contributed by atoms with Crippen LogP contribution in [0.2, 0.25) is 0 Å². The Morgan fingerprint density at radius 2 is 2.19 bits per heavy atom. The molecule has 5 nitrogen and oxygen atoms in total. The minimum atomic E-state index is -0.527. The van der Waals surface area contributed by atoms with E-state index in [0.717, 1.165) is 0 Å². The number of anilines is 2. The van der Waals surface area contributed by atoms with Crippen LogP contribution in [-0.4, -0.2) is 15.8 Å². The predicted octanol–water partition coefficient (Wildman–Crippen LogP) is 1.42. The summed E-state index contributed by atoms with van der Waals surface area (Å²) in [5.41, 5.74) is 11.2. The highest BCUT2D eigenvalue weighted by atomic mass is 32.1. The first kappa shape index (κ1) is 11.2. The Morgan fingerprint density at radius 3 is 2.69 bits per heavy atom. The van der Waals surface area contributed by atoms with Crippen molar-refractivity contribution in [3.05, 3.63) is 5.56 Å². The highest BCUT2D eigenvalue weighted by molar-refractivity contribution is 7.11. The van der Waals surface area contributed by atoms with Crippen molar-refractivity contribution < 1.29 is 4.79 Å². The van der Waals surface area contributed by atoms with E-state index in [1.165, 1.54) is 24.4 Å². The lowest BCUT2D eigenvalue weighted by molar-refractivity contribution is 0.100. The lowest BCUT2D eigenvalue weighted by Crippen LogP contribution is -2.33. The second kappa shape index (κ2) is 3.62. The number of aromatic nitrogens is 1. The van der Waals surface area contributed by atoms with E-state index in [0.29, 0.717) is 16.5 Å². The maximum absolute atomic E-state index is 11.2. The fourth-order valence-corrected chi connectivity index (χ4v) is 2.71. The molecule has 0 bridgehead atoms. The Morgan fingerprint density at radius 1 is 1.56 bits per heavy atom. The van der Waals surface area contributed by atoms with Gasteiger partial charge in [-0.2, -0.15) is 4.37 Å². The first-order chi connectivity index (χ1) is 7.42. The molecule has 2 rings (SSSR count). The number of hydrogen-bond acceptors (Lipinski definition) is 5. The number of nitrogens with one attached hydrogen (secondary N) is 1. The molecule has 1 amide bonds. The van der Waals surface area contributed by atoms with Gasteiger partial charge in [-0.25, -0.2) is 0 Å². The molecule has 0 atom stereocenters. The third-order valence-corrected chi connectivity index (χ3v) is 3.78. The highest BCUT2D eigenvalue weighted by Crippen LogP contribution is 2.42. The molecule has 0 radical (unpaired) electrons. The Kier molecular flexibility index (Phi) is 2.53. The van der Waals surface area contributed by atoms with Crippen molar-refractivity contribution in [2.24, 2.45) is 11.7 Å². The van der Waals surface area contributed by atoms with Crippen LogP contribution in [0.1, 0.15) is 37.0 Å². The Labute approximate surface area is 98.4 Å². The fraction of sp³-hybridized carbons (Fsp3) is 0.600. The molecule has 6 heteroatoms. The standard InChI is InChI=1S/C10H16N4OS/c1-10(2,5-3-4-5)13-9-6(8(12)15)7(11)14-16-9/h5,13H,3-4H2,1-2H3,(H2,11,14)(H2,12,15). The summed E-state index contributed by atoms with van der Waals surface area (Å²) in [7, 11) is 0.